The monoisotopic (exact) mass is 454 g/mol. The maximum Gasteiger partial charge on any atom is 0.261 e. The molecule has 1 aliphatic rings. The first-order valence-corrected chi connectivity index (χ1v) is 12.3. The molecule has 2 heterocycles. The molecule has 1 aromatic carbocycles. The van der Waals surface area contributed by atoms with Crippen LogP contribution in [0.15, 0.2) is 40.2 Å². The fourth-order valence-electron chi connectivity index (χ4n) is 4.53. The maximum atomic E-state index is 12.7. The highest BCUT2D eigenvalue weighted by Crippen LogP contribution is 2.36. The van der Waals surface area contributed by atoms with E-state index in [9.17, 15) is 18.5 Å². The quantitative estimate of drug-likeness (QED) is 0.520. The number of nitrogens with zero attached hydrogens (tertiary/aromatic N) is 3. The van der Waals surface area contributed by atoms with Crippen molar-refractivity contribution in [3.05, 3.63) is 46.4 Å². The third-order valence-corrected chi connectivity index (χ3v) is 7.00. The van der Waals surface area contributed by atoms with Gasteiger partial charge in [-0.05, 0) is 49.1 Å². The van der Waals surface area contributed by atoms with Crippen molar-refractivity contribution in [1.29, 1.82) is 5.26 Å². The number of aromatic amines is 1. The molecule has 0 spiro atoms. The van der Waals surface area contributed by atoms with Gasteiger partial charge in [-0.2, -0.15) is 10.4 Å². The number of pyridine rings is 1. The second kappa shape index (κ2) is 8.76. The van der Waals surface area contributed by atoms with E-state index in [1.165, 1.54) is 6.07 Å². The van der Waals surface area contributed by atoms with Crippen LogP contribution < -0.4 is 16.0 Å². The van der Waals surface area contributed by atoms with E-state index in [1.54, 1.807) is 29.1 Å². The van der Waals surface area contributed by atoms with Crippen molar-refractivity contribution in [2.75, 3.05) is 5.32 Å². The second-order valence-corrected chi connectivity index (χ2v) is 9.72. The predicted octanol–water partition coefficient (Wildman–Crippen LogP) is 3.32. The van der Waals surface area contributed by atoms with Crippen LogP contribution in [0.4, 0.5) is 11.5 Å². The minimum Gasteiger partial charge on any atom is -0.338 e. The van der Waals surface area contributed by atoms with Crippen molar-refractivity contribution >= 4 is 32.4 Å². The Morgan fingerprint density at radius 1 is 1.31 bits per heavy atom. The molecule has 1 aliphatic carbocycles. The number of nitrogens with one attached hydrogen (secondary N) is 2. The molecule has 1 saturated carbocycles. The maximum absolute atomic E-state index is 12.7. The summed E-state index contributed by atoms with van der Waals surface area (Å²) >= 11 is 0. The zero-order valence-corrected chi connectivity index (χ0v) is 18.7. The molecule has 3 aromatic rings. The number of aryl methyl sites for hydroxylation is 1. The van der Waals surface area contributed by atoms with E-state index in [1.807, 2.05) is 6.92 Å². The van der Waals surface area contributed by atoms with Gasteiger partial charge in [0.1, 0.15) is 5.39 Å². The van der Waals surface area contributed by atoms with Gasteiger partial charge in [0.15, 0.2) is 5.82 Å². The third-order valence-electron chi connectivity index (χ3n) is 5.99. The Kier molecular flexibility index (Phi) is 6.04. The first kappa shape index (κ1) is 22.0. The average molecular weight is 455 g/mol. The van der Waals surface area contributed by atoms with E-state index in [0.29, 0.717) is 34.4 Å². The van der Waals surface area contributed by atoms with Gasteiger partial charge in [-0.3, -0.25) is 9.48 Å². The number of rotatable bonds is 6. The van der Waals surface area contributed by atoms with Crippen LogP contribution in [0, 0.1) is 17.2 Å². The largest absolute Gasteiger partial charge is 0.338 e. The van der Waals surface area contributed by atoms with E-state index in [4.69, 9.17) is 10.2 Å². The number of hydrogen-bond donors (Lipinski definition) is 3. The van der Waals surface area contributed by atoms with Crippen LogP contribution in [0.25, 0.3) is 10.9 Å². The van der Waals surface area contributed by atoms with E-state index in [0.717, 1.165) is 32.1 Å². The summed E-state index contributed by atoms with van der Waals surface area (Å²) < 4.78 is 25.6. The summed E-state index contributed by atoms with van der Waals surface area (Å²) in [5.41, 5.74) is 1.60. The van der Waals surface area contributed by atoms with Crippen LogP contribution in [0.3, 0.4) is 0 Å². The SMILES string of the molecule is CCCc1cc(Nc2nn([C@H]3CCCC[C@@H]3C#N)c3cc[nH]c(=O)c23)ccc1S(N)(=O)=O. The van der Waals surface area contributed by atoms with Crippen LogP contribution in [0.2, 0.25) is 0 Å². The summed E-state index contributed by atoms with van der Waals surface area (Å²) in [6, 6.07) is 8.90. The lowest BCUT2D eigenvalue weighted by Crippen LogP contribution is -2.23. The Labute approximate surface area is 186 Å². The summed E-state index contributed by atoms with van der Waals surface area (Å²) in [5, 5.41) is 23.3. The second-order valence-electron chi connectivity index (χ2n) is 8.19. The molecule has 0 aliphatic heterocycles. The van der Waals surface area contributed by atoms with Gasteiger partial charge in [0.25, 0.3) is 5.56 Å². The number of anilines is 2. The molecule has 0 bridgehead atoms. The van der Waals surface area contributed by atoms with Gasteiger partial charge in [-0.15, -0.1) is 0 Å². The number of H-pyrrole nitrogens is 1. The Bertz CT molecular complexity index is 1350. The number of hydrogen-bond acceptors (Lipinski definition) is 6. The van der Waals surface area contributed by atoms with E-state index in [2.05, 4.69) is 16.4 Å². The number of nitrogens with two attached hydrogens (primary N) is 1. The minimum absolute atomic E-state index is 0.0946. The molecule has 2 aromatic heterocycles. The van der Waals surface area contributed by atoms with E-state index >= 15 is 0 Å². The van der Waals surface area contributed by atoms with Crippen LogP contribution in [-0.2, 0) is 16.4 Å². The van der Waals surface area contributed by atoms with Gasteiger partial charge in [0.2, 0.25) is 10.0 Å². The molecule has 0 amide bonds. The summed E-state index contributed by atoms with van der Waals surface area (Å²) in [7, 11) is -3.84. The summed E-state index contributed by atoms with van der Waals surface area (Å²) in [6.07, 6.45) is 6.52. The highest BCUT2D eigenvalue weighted by molar-refractivity contribution is 7.89. The Hall–Kier alpha value is -3.16. The molecule has 168 valence electrons. The lowest BCUT2D eigenvalue weighted by Gasteiger charge is -2.27. The zero-order valence-electron chi connectivity index (χ0n) is 17.8. The van der Waals surface area contributed by atoms with Crippen LogP contribution >= 0.6 is 0 Å². The molecule has 4 N–H and O–H groups in total. The van der Waals surface area contributed by atoms with E-state index in [-0.39, 0.29) is 22.4 Å². The summed E-state index contributed by atoms with van der Waals surface area (Å²) in [5.74, 6) is 0.208. The summed E-state index contributed by atoms with van der Waals surface area (Å²) in [4.78, 5) is 15.5. The zero-order chi connectivity index (χ0) is 22.9. The highest BCUT2D eigenvalue weighted by atomic mass is 32.2. The molecule has 1 fully saturated rings. The highest BCUT2D eigenvalue weighted by Gasteiger charge is 2.30. The fourth-order valence-corrected chi connectivity index (χ4v) is 5.31. The molecule has 2 atom stereocenters. The molecule has 0 radical (unpaired) electrons. The van der Waals surface area contributed by atoms with Gasteiger partial charge in [0.05, 0.1) is 28.4 Å². The van der Waals surface area contributed by atoms with Gasteiger partial charge < -0.3 is 10.3 Å². The van der Waals surface area contributed by atoms with Crippen LogP contribution in [0.1, 0.15) is 50.6 Å². The minimum atomic E-state index is -3.84. The van der Waals surface area contributed by atoms with Crippen molar-refractivity contribution < 1.29 is 8.42 Å². The van der Waals surface area contributed by atoms with Gasteiger partial charge in [-0.25, -0.2) is 13.6 Å². The summed E-state index contributed by atoms with van der Waals surface area (Å²) in [6.45, 7) is 1.96. The number of aromatic nitrogens is 3. The topological polar surface area (TPSA) is 147 Å². The van der Waals surface area contributed by atoms with Crippen molar-refractivity contribution in [2.24, 2.45) is 11.1 Å². The lowest BCUT2D eigenvalue weighted by atomic mass is 9.85. The first-order valence-electron chi connectivity index (χ1n) is 10.8. The molecular formula is C22H26N6O3S. The van der Waals surface area contributed by atoms with Gasteiger partial charge >= 0.3 is 0 Å². The molecular weight excluding hydrogens is 428 g/mol. The average Bonchev–Trinajstić information content (AvgIpc) is 3.12. The Balaban J connectivity index is 1.80. The Morgan fingerprint density at radius 2 is 2.09 bits per heavy atom. The molecule has 9 nitrogen and oxygen atoms in total. The normalized spacial score (nSPS) is 19.0. The molecule has 0 unspecified atom stereocenters. The smallest absolute Gasteiger partial charge is 0.261 e. The lowest BCUT2D eigenvalue weighted by molar-refractivity contribution is 0.277. The van der Waals surface area contributed by atoms with Gasteiger partial charge in [-0.1, -0.05) is 26.2 Å². The van der Waals surface area contributed by atoms with Crippen molar-refractivity contribution in [3.8, 4) is 6.07 Å². The number of primary sulfonamides is 1. The van der Waals surface area contributed by atoms with Crippen molar-refractivity contribution in [1.82, 2.24) is 14.8 Å². The van der Waals surface area contributed by atoms with Crippen LogP contribution in [0.5, 0.6) is 0 Å². The van der Waals surface area contributed by atoms with Crippen molar-refractivity contribution in [2.45, 2.75) is 56.4 Å². The molecule has 32 heavy (non-hydrogen) atoms. The first-order chi connectivity index (χ1) is 15.3. The molecule has 4 rings (SSSR count). The van der Waals surface area contributed by atoms with Crippen molar-refractivity contribution in [3.63, 3.8) is 0 Å². The van der Waals surface area contributed by atoms with Gasteiger partial charge in [0, 0.05) is 11.9 Å². The number of fused-ring (bicyclic) bond motifs is 1. The van der Waals surface area contributed by atoms with Crippen LogP contribution in [-0.4, -0.2) is 23.2 Å². The third kappa shape index (κ3) is 4.13. The molecule has 0 saturated heterocycles. The fraction of sp³-hybridized carbons (Fsp3) is 0.409. The number of benzene rings is 1. The Morgan fingerprint density at radius 3 is 2.81 bits per heavy atom. The molecule has 10 heteroatoms. The van der Waals surface area contributed by atoms with E-state index < -0.39 is 10.0 Å². The predicted molar refractivity (Wildman–Crippen MR) is 122 cm³/mol. The number of nitriles is 1. The number of sulfonamides is 1. The standard InChI is InChI=1S/C22H26N6O3S/c1-2-5-14-12-16(8-9-19(14)32(24,30)31)26-21-20-18(10-11-25-22(20)29)28(27-21)17-7-4-3-6-15(17)13-23/h8-12,15,17H,2-7H2,1H3,(H,25,29)(H,26,27)(H2,24,30,31)/t15-,17+/m1/s1.